The Kier molecular flexibility index (Phi) is 10.6. The van der Waals surface area contributed by atoms with Gasteiger partial charge >= 0.3 is 0 Å². The van der Waals surface area contributed by atoms with E-state index in [0.29, 0.717) is 6.35 Å². The summed E-state index contributed by atoms with van der Waals surface area (Å²) >= 11 is 0. The largest absolute Gasteiger partial charge is 0.348 e. The highest BCUT2D eigenvalue weighted by molar-refractivity contribution is 7.95. The SMILES string of the molecule is COC[P+](c1ccccc1)(c1ccccc1)c1ccccc1.c1ccc([B-](c2ccccc2)(c2ccccc2)c2ccccc2)cc1. The van der Waals surface area contributed by atoms with Crippen LogP contribution in [0.4, 0.5) is 0 Å². The summed E-state index contributed by atoms with van der Waals surface area (Å²) in [7, 11) is 0.0197. The molecular weight excluding hydrogens is 586 g/mol. The lowest BCUT2D eigenvalue weighted by Gasteiger charge is -2.44. The molecular formula is C44H40BOP. The van der Waals surface area contributed by atoms with Crippen molar-refractivity contribution in [2.45, 2.75) is 0 Å². The van der Waals surface area contributed by atoms with Crippen molar-refractivity contribution >= 4 is 51.2 Å². The van der Waals surface area contributed by atoms with Crippen LogP contribution in [0.3, 0.4) is 0 Å². The Morgan fingerprint density at radius 1 is 0.340 bits per heavy atom. The molecule has 3 heteroatoms. The van der Waals surface area contributed by atoms with Crippen molar-refractivity contribution < 1.29 is 4.74 Å². The average Bonchev–Trinajstić information content (AvgIpc) is 3.17. The Labute approximate surface area is 280 Å². The van der Waals surface area contributed by atoms with Crippen molar-refractivity contribution in [2.24, 2.45) is 0 Å². The van der Waals surface area contributed by atoms with Crippen molar-refractivity contribution in [3.05, 3.63) is 212 Å². The van der Waals surface area contributed by atoms with Crippen molar-refractivity contribution in [1.29, 1.82) is 0 Å². The Balaban J connectivity index is 0.000000166. The topological polar surface area (TPSA) is 9.23 Å². The summed E-state index contributed by atoms with van der Waals surface area (Å²) in [5.41, 5.74) is 5.36. The number of benzene rings is 7. The second-order valence-corrected chi connectivity index (χ2v) is 15.2. The minimum Gasteiger partial charge on any atom is -0.348 e. The van der Waals surface area contributed by atoms with Crippen LogP contribution in [-0.2, 0) is 4.74 Å². The Morgan fingerprint density at radius 3 is 0.766 bits per heavy atom. The first-order valence-corrected chi connectivity index (χ1v) is 18.2. The smallest absolute Gasteiger partial charge is 0.170 e. The summed E-state index contributed by atoms with van der Waals surface area (Å²) in [6.45, 7) is 0. The second-order valence-electron chi connectivity index (χ2n) is 11.7. The van der Waals surface area contributed by atoms with Crippen LogP contribution in [0, 0.1) is 0 Å². The van der Waals surface area contributed by atoms with Crippen molar-refractivity contribution in [1.82, 2.24) is 0 Å². The molecule has 0 fully saturated rings. The number of methoxy groups -OCH3 is 1. The number of ether oxygens (including phenoxy) is 1. The third-order valence-electron chi connectivity index (χ3n) is 9.11. The summed E-state index contributed by atoms with van der Waals surface area (Å²) in [4.78, 5) is 0. The van der Waals surface area contributed by atoms with Crippen LogP contribution < -0.4 is 37.8 Å². The molecule has 0 atom stereocenters. The van der Waals surface area contributed by atoms with E-state index in [1.165, 1.54) is 37.8 Å². The highest BCUT2D eigenvalue weighted by Gasteiger charge is 2.45. The lowest BCUT2D eigenvalue weighted by molar-refractivity contribution is 0.255. The molecule has 1 nitrogen and oxygen atoms in total. The maximum atomic E-state index is 5.72. The molecule has 47 heavy (non-hydrogen) atoms. The minimum atomic E-state index is -1.78. The highest BCUT2D eigenvalue weighted by Crippen LogP contribution is 2.55. The fraction of sp³-hybridized carbons (Fsp3) is 0.0455. The Bertz CT molecular complexity index is 1640. The van der Waals surface area contributed by atoms with E-state index in [0.717, 1.165) is 0 Å². The monoisotopic (exact) mass is 626 g/mol. The minimum absolute atomic E-state index is 0.713. The molecule has 0 amide bonds. The molecule has 0 saturated carbocycles. The zero-order chi connectivity index (χ0) is 32.2. The fourth-order valence-corrected chi connectivity index (χ4v) is 10.8. The normalized spacial score (nSPS) is 11.3. The van der Waals surface area contributed by atoms with Crippen molar-refractivity contribution in [2.75, 3.05) is 13.5 Å². The number of hydrogen-bond donors (Lipinski definition) is 0. The summed E-state index contributed by atoms with van der Waals surface area (Å²) in [6.07, 6.45) is -0.502. The number of hydrogen-bond acceptors (Lipinski definition) is 1. The van der Waals surface area contributed by atoms with E-state index in [-0.39, 0.29) is 0 Å². The van der Waals surface area contributed by atoms with Gasteiger partial charge in [0.2, 0.25) is 0 Å². The van der Waals surface area contributed by atoms with E-state index in [9.17, 15) is 0 Å². The van der Waals surface area contributed by atoms with Gasteiger partial charge in [0.05, 0.1) is 0 Å². The molecule has 0 spiro atoms. The third kappa shape index (κ3) is 6.63. The first kappa shape index (κ1) is 32.0. The molecule has 0 radical (unpaired) electrons. The Hall–Kier alpha value is -5.01. The van der Waals surface area contributed by atoms with Gasteiger partial charge in [0.1, 0.15) is 29.3 Å². The van der Waals surface area contributed by atoms with E-state index >= 15 is 0 Å². The number of rotatable bonds is 9. The molecule has 0 aromatic heterocycles. The standard InChI is InChI=1S/C24H20B.C20H20OP/c1-5-13-21(14-6-1)25(22-15-7-2-8-16-22,23-17-9-3-10-18-23)24-19-11-4-12-20-24;1-21-17-22(18-11-5-2-6-12-18,19-13-7-3-8-14-19)20-15-9-4-10-16-20/h1-20H;2-16H,17H2,1H3/q-1;+1. The van der Waals surface area contributed by atoms with Gasteiger partial charge in [-0.2, -0.15) is 21.9 Å². The predicted molar refractivity (Wildman–Crippen MR) is 207 cm³/mol. The summed E-state index contributed by atoms with van der Waals surface area (Å²) in [5, 5.41) is 4.07. The van der Waals surface area contributed by atoms with Gasteiger partial charge in [-0.3, -0.25) is 0 Å². The third-order valence-corrected chi connectivity index (χ3v) is 13.3. The molecule has 0 heterocycles. The van der Waals surface area contributed by atoms with Gasteiger partial charge in [0, 0.05) is 7.11 Å². The molecule has 0 aliphatic carbocycles. The maximum Gasteiger partial charge on any atom is 0.170 e. The average molecular weight is 627 g/mol. The van der Waals surface area contributed by atoms with Gasteiger partial charge in [0.15, 0.2) is 6.35 Å². The van der Waals surface area contributed by atoms with Gasteiger partial charge in [-0.05, 0) is 36.4 Å². The summed E-state index contributed by atoms with van der Waals surface area (Å²) in [5.74, 6) is 0. The molecule has 7 aromatic rings. The molecule has 0 aliphatic rings. The molecule has 7 rings (SSSR count). The predicted octanol–water partition coefficient (Wildman–Crippen LogP) is 6.65. The van der Waals surface area contributed by atoms with E-state index in [1.54, 1.807) is 7.11 Å². The van der Waals surface area contributed by atoms with Crippen molar-refractivity contribution in [3.8, 4) is 0 Å². The lowest BCUT2D eigenvalue weighted by atomic mass is 9.13. The molecule has 0 aliphatic heterocycles. The molecule has 230 valence electrons. The van der Waals surface area contributed by atoms with Crippen LogP contribution >= 0.6 is 7.26 Å². The van der Waals surface area contributed by atoms with Crippen molar-refractivity contribution in [3.63, 3.8) is 0 Å². The quantitative estimate of drug-likeness (QED) is 0.129. The Morgan fingerprint density at radius 2 is 0.553 bits per heavy atom. The lowest BCUT2D eigenvalue weighted by Crippen LogP contribution is -2.74. The van der Waals surface area contributed by atoms with Crippen LogP contribution in [0.15, 0.2) is 212 Å². The van der Waals surface area contributed by atoms with E-state index in [2.05, 4.69) is 212 Å². The van der Waals surface area contributed by atoms with Crippen LogP contribution in [0.5, 0.6) is 0 Å². The van der Waals surface area contributed by atoms with Gasteiger partial charge in [0.25, 0.3) is 0 Å². The second kappa shape index (κ2) is 15.5. The summed E-state index contributed by atoms with van der Waals surface area (Å²) < 4.78 is 5.72. The van der Waals surface area contributed by atoms with E-state index in [4.69, 9.17) is 4.74 Å². The van der Waals surface area contributed by atoms with Gasteiger partial charge in [-0.1, -0.05) is 176 Å². The van der Waals surface area contributed by atoms with Crippen LogP contribution in [0.1, 0.15) is 0 Å². The molecule has 0 bridgehead atoms. The van der Waals surface area contributed by atoms with E-state index in [1.807, 2.05) is 0 Å². The van der Waals surface area contributed by atoms with Crippen LogP contribution in [0.25, 0.3) is 0 Å². The first-order valence-electron chi connectivity index (χ1n) is 16.2. The molecule has 7 aromatic carbocycles. The van der Waals surface area contributed by atoms with Crippen LogP contribution in [0.2, 0.25) is 0 Å². The zero-order valence-electron chi connectivity index (χ0n) is 26.8. The molecule has 0 saturated heterocycles. The zero-order valence-corrected chi connectivity index (χ0v) is 27.7. The van der Waals surface area contributed by atoms with Gasteiger partial charge in [-0.15, -0.1) is 0 Å². The highest BCUT2D eigenvalue weighted by atomic mass is 31.2. The fourth-order valence-electron chi connectivity index (χ4n) is 7.03. The van der Waals surface area contributed by atoms with Crippen LogP contribution in [-0.4, -0.2) is 19.6 Å². The van der Waals surface area contributed by atoms with Gasteiger partial charge in [-0.25, -0.2) is 0 Å². The van der Waals surface area contributed by atoms with Gasteiger partial charge < -0.3 is 4.74 Å². The van der Waals surface area contributed by atoms with E-state index < -0.39 is 13.4 Å². The molecule has 0 N–H and O–H groups in total. The molecule has 0 unspecified atom stereocenters. The maximum absolute atomic E-state index is 5.72. The summed E-state index contributed by atoms with van der Waals surface area (Å²) in [6, 6.07) is 75.8. The first-order chi connectivity index (χ1) is 23.3.